The highest BCUT2D eigenvalue weighted by Crippen LogP contribution is 2.39. The minimum Gasteiger partial charge on any atom is -0.228 e. The normalized spacial score (nSPS) is 38.1. The monoisotopic (exact) mass is 270 g/mol. The zero-order chi connectivity index (χ0) is 11.1. The van der Waals surface area contributed by atoms with Crippen LogP contribution in [0.2, 0.25) is 0 Å². The van der Waals surface area contributed by atoms with E-state index >= 15 is 0 Å². The average Bonchev–Trinajstić information content (AvgIpc) is 2.58. The molecule has 7 heteroatoms. The molecular formula is C8H14O4S3. The lowest BCUT2D eigenvalue weighted by Crippen LogP contribution is -2.20. The molecule has 0 spiro atoms. The van der Waals surface area contributed by atoms with Crippen LogP contribution in [0, 0.1) is 0 Å². The van der Waals surface area contributed by atoms with E-state index in [0.717, 1.165) is 11.8 Å². The van der Waals surface area contributed by atoms with E-state index in [1.165, 1.54) is 0 Å². The zero-order valence-corrected chi connectivity index (χ0v) is 10.7. The molecule has 0 amide bonds. The Labute approximate surface area is 94.7 Å². The van der Waals surface area contributed by atoms with Crippen LogP contribution in [-0.4, -0.2) is 37.5 Å². The number of sulfone groups is 2. The summed E-state index contributed by atoms with van der Waals surface area (Å²) in [5.41, 5.74) is 0. The molecule has 0 bridgehead atoms. The molecule has 0 aromatic carbocycles. The Morgan fingerprint density at radius 2 is 1.20 bits per heavy atom. The van der Waals surface area contributed by atoms with Gasteiger partial charge in [-0.1, -0.05) is 0 Å². The highest BCUT2D eigenvalue weighted by atomic mass is 32.3. The van der Waals surface area contributed by atoms with Gasteiger partial charge >= 0.3 is 0 Å². The van der Waals surface area contributed by atoms with Crippen LogP contribution in [0.5, 0.6) is 0 Å². The standard InChI is InChI=1S/C8H14O4S3/c9-14(10)5-1-3-7(14)13-8-4-2-6-15(8,11)12/h7-8H,1-6H2. The van der Waals surface area contributed by atoms with Crippen molar-refractivity contribution in [3.63, 3.8) is 0 Å². The van der Waals surface area contributed by atoms with E-state index in [-0.39, 0.29) is 11.5 Å². The van der Waals surface area contributed by atoms with Crippen LogP contribution in [0.25, 0.3) is 0 Å². The first-order chi connectivity index (χ1) is 6.92. The van der Waals surface area contributed by atoms with E-state index in [4.69, 9.17) is 0 Å². The molecule has 88 valence electrons. The third-order valence-corrected chi connectivity index (χ3v) is 10.1. The van der Waals surface area contributed by atoms with Gasteiger partial charge in [-0.3, -0.25) is 0 Å². The van der Waals surface area contributed by atoms with E-state index in [2.05, 4.69) is 0 Å². The largest absolute Gasteiger partial charge is 0.228 e. The van der Waals surface area contributed by atoms with Crippen molar-refractivity contribution < 1.29 is 16.8 Å². The second kappa shape index (κ2) is 3.92. The number of thioether (sulfide) groups is 1. The molecule has 2 aliphatic heterocycles. The molecule has 0 N–H and O–H groups in total. The van der Waals surface area contributed by atoms with Crippen LogP contribution >= 0.6 is 11.8 Å². The van der Waals surface area contributed by atoms with Crippen molar-refractivity contribution in [3.8, 4) is 0 Å². The summed E-state index contributed by atoms with van der Waals surface area (Å²) in [6.07, 6.45) is 2.57. The average molecular weight is 270 g/mol. The van der Waals surface area contributed by atoms with Crippen molar-refractivity contribution in [1.82, 2.24) is 0 Å². The predicted molar refractivity (Wildman–Crippen MR) is 61.2 cm³/mol. The van der Waals surface area contributed by atoms with Crippen LogP contribution in [0.3, 0.4) is 0 Å². The molecule has 2 rings (SSSR count). The van der Waals surface area contributed by atoms with Gasteiger partial charge in [-0.15, -0.1) is 11.8 Å². The Kier molecular flexibility index (Phi) is 3.07. The molecule has 0 aromatic heterocycles. The molecule has 2 unspecified atom stereocenters. The molecule has 2 saturated heterocycles. The summed E-state index contributed by atoms with van der Waals surface area (Å²) < 4.78 is 45.2. The minimum absolute atomic E-state index is 0.220. The Morgan fingerprint density at radius 3 is 1.47 bits per heavy atom. The van der Waals surface area contributed by atoms with Crippen molar-refractivity contribution in [1.29, 1.82) is 0 Å². The number of hydrogen-bond acceptors (Lipinski definition) is 5. The lowest BCUT2D eigenvalue weighted by Gasteiger charge is -2.13. The van der Waals surface area contributed by atoms with Crippen LogP contribution in [0.1, 0.15) is 25.7 Å². The van der Waals surface area contributed by atoms with Gasteiger partial charge in [0.15, 0.2) is 19.7 Å². The number of rotatable bonds is 2. The predicted octanol–water partition coefficient (Wildman–Crippen LogP) is 0.789. The lowest BCUT2D eigenvalue weighted by molar-refractivity contribution is 0.600. The Morgan fingerprint density at radius 1 is 0.800 bits per heavy atom. The van der Waals surface area contributed by atoms with Gasteiger partial charge in [-0.25, -0.2) is 16.8 Å². The van der Waals surface area contributed by atoms with Crippen LogP contribution in [0.15, 0.2) is 0 Å². The summed E-state index contributed by atoms with van der Waals surface area (Å²) in [4.78, 5) is 0. The van der Waals surface area contributed by atoms with Crippen molar-refractivity contribution in [2.24, 2.45) is 0 Å². The fourth-order valence-corrected chi connectivity index (χ4v) is 8.61. The Hall–Kier alpha value is 0.250. The molecule has 0 aromatic rings. The molecule has 15 heavy (non-hydrogen) atoms. The molecule has 2 atom stereocenters. The maximum absolute atomic E-state index is 11.5. The van der Waals surface area contributed by atoms with Crippen molar-refractivity contribution >= 4 is 31.4 Å². The molecular weight excluding hydrogens is 256 g/mol. The Bertz CT molecular complexity index is 395. The summed E-state index contributed by atoms with van der Waals surface area (Å²) in [7, 11) is -6.05. The van der Waals surface area contributed by atoms with Gasteiger partial charge in [0.1, 0.15) is 9.16 Å². The fraction of sp³-hybridized carbons (Fsp3) is 1.00. The van der Waals surface area contributed by atoms with Gasteiger partial charge in [-0.05, 0) is 25.7 Å². The molecule has 4 nitrogen and oxygen atoms in total. The molecule has 0 saturated carbocycles. The van der Waals surface area contributed by atoms with Gasteiger partial charge in [-0.2, -0.15) is 0 Å². The van der Waals surface area contributed by atoms with Gasteiger partial charge in [0, 0.05) is 0 Å². The van der Waals surface area contributed by atoms with E-state index in [1.54, 1.807) is 0 Å². The van der Waals surface area contributed by atoms with Crippen molar-refractivity contribution in [3.05, 3.63) is 0 Å². The molecule has 2 fully saturated rings. The Balaban J connectivity index is 2.10. The van der Waals surface area contributed by atoms with Crippen LogP contribution < -0.4 is 0 Å². The third kappa shape index (κ3) is 2.34. The van der Waals surface area contributed by atoms with Gasteiger partial charge in [0.25, 0.3) is 0 Å². The fourth-order valence-electron chi connectivity index (χ4n) is 2.00. The summed E-state index contributed by atoms with van der Waals surface area (Å²) in [6.45, 7) is 0. The van der Waals surface area contributed by atoms with Crippen molar-refractivity contribution in [2.45, 2.75) is 34.8 Å². The number of hydrogen-bond donors (Lipinski definition) is 0. The quantitative estimate of drug-likeness (QED) is 0.742. The van der Waals surface area contributed by atoms with Crippen LogP contribution in [0.4, 0.5) is 0 Å². The lowest BCUT2D eigenvalue weighted by atomic mass is 10.4. The summed E-state index contributed by atoms with van der Waals surface area (Å²) >= 11 is 1.15. The second-order valence-corrected chi connectivity index (χ2v) is 10.6. The SMILES string of the molecule is O=S1(=O)CCCC1SC1CCCS1(=O)=O. The maximum atomic E-state index is 11.5. The van der Waals surface area contributed by atoms with E-state index < -0.39 is 28.8 Å². The highest BCUT2D eigenvalue weighted by Gasteiger charge is 2.39. The van der Waals surface area contributed by atoms with E-state index in [9.17, 15) is 16.8 Å². The van der Waals surface area contributed by atoms with Gasteiger partial charge < -0.3 is 0 Å². The summed E-state index contributed by atoms with van der Waals surface area (Å²) in [6, 6.07) is 0. The van der Waals surface area contributed by atoms with E-state index in [1.807, 2.05) is 0 Å². The van der Waals surface area contributed by atoms with E-state index in [0.29, 0.717) is 25.7 Å². The van der Waals surface area contributed by atoms with Crippen molar-refractivity contribution in [2.75, 3.05) is 11.5 Å². The zero-order valence-electron chi connectivity index (χ0n) is 8.26. The molecule has 0 aliphatic carbocycles. The van der Waals surface area contributed by atoms with Crippen LogP contribution in [-0.2, 0) is 19.7 Å². The highest BCUT2D eigenvalue weighted by molar-refractivity contribution is 8.20. The van der Waals surface area contributed by atoms with Gasteiger partial charge in [0.2, 0.25) is 0 Å². The summed E-state index contributed by atoms with van der Waals surface area (Å²) in [5.74, 6) is 0.439. The smallest absolute Gasteiger partial charge is 0.162 e. The van der Waals surface area contributed by atoms with Gasteiger partial charge in [0.05, 0.1) is 11.5 Å². The maximum Gasteiger partial charge on any atom is 0.162 e. The molecule has 2 heterocycles. The summed E-state index contributed by atoms with van der Waals surface area (Å²) in [5, 5.41) is 0. The molecule has 2 aliphatic rings. The topological polar surface area (TPSA) is 68.3 Å². The second-order valence-electron chi connectivity index (χ2n) is 4.01. The first-order valence-electron chi connectivity index (χ1n) is 5.00. The minimum atomic E-state index is -3.03. The third-order valence-electron chi connectivity index (χ3n) is 2.84. The first kappa shape index (κ1) is 11.7. The first-order valence-corrected chi connectivity index (χ1v) is 9.38. The molecule has 0 radical (unpaired) electrons.